The molecule has 0 saturated heterocycles. The summed E-state index contributed by atoms with van der Waals surface area (Å²) >= 11 is 0. The van der Waals surface area contributed by atoms with Crippen molar-refractivity contribution in [1.82, 2.24) is 0 Å². The van der Waals surface area contributed by atoms with Crippen LogP contribution in [0.1, 0.15) is 32.8 Å². The first-order valence-corrected chi connectivity index (χ1v) is 10.8. The van der Waals surface area contributed by atoms with Crippen molar-refractivity contribution in [1.29, 1.82) is 0 Å². The second-order valence-electron chi connectivity index (χ2n) is 7.41. The summed E-state index contributed by atoms with van der Waals surface area (Å²) < 4.78 is 16.4. The van der Waals surface area contributed by atoms with Gasteiger partial charge in [0.2, 0.25) is 0 Å². The molecule has 178 valence electrons. The minimum atomic E-state index is -0.658. The number of ether oxygens (including phenoxy) is 3. The van der Waals surface area contributed by atoms with Crippen LogP contribution in [0.4, 0.5) is 11.4 Å². The maximum absolute atomic E-state index is 13.4. The monoisotopic (exact) mass is 466 g/mol. The Morgan fingerprint density at radius 1 is 1.09 bits per heavy atom. The van der Waals surface area contributed by atoms with Crippen LogP contribution in [0, 0.1) is 10.1 Å². The Morgan fingerprint density at radius 3 is 2.38 bits per heavy atom. The number of benzene rings is 2. The average molecular weight is 466 g/mol. The summed E-state index contributed by atoms with van der Waals surface area (Å²) in [7, 11) is 1.24. The Balaban J connectivity index is 2.06. The van der Waals surface area contributed by atoms with E-state index in [-0.39, 0.29) is 16.8 Å². The molecule has 0 spiro atoms. The highest BCUT2D eigenvalue weighted by molar-refractivity contribution is 6.23. The lowest BCUT2D eigenvalue weighted by molar-refractivity contribution is -0.384. The van der Waals surface area contributed by atoms with Crippen molar-refractivity contribution in [2.24, 2.45) is 0 Å². The van der Waals surface area contributed by atoms with Crippen LogP contribution in [0.25, 0.3) is 6.08 Å². The number of amides is 1. The fourth-order valence-electron chi connectivity index (χ4n) is 3.60. The molecule has 0 saturated carbocycles. The number of anilines is 1. The molecule has 0 N–H and O–H groups in total. The number of rotatable bonds is 9. The van der Waals surface area contributed by atoms with Gasteiger partial charge in [0.1, 0.15) is 0 Å². The van der Waals surface area contributed by atoms with Crippen LogP contribution >= 0.6 is 0 Å². The summed E-state index contributed by atoms with van der Waals surface area (Å²) in [6.07, 6.45) is 2.44. The second-order valence-corrected chi connectivity index (χ2v) is 7.41. The van der Waals surface area contributed by atoms with E-state index in [1.165, 1.54) is 36.3 Å². The zero-order valence-corrected chi connectivity index (χ0v) is 19.5. The third-order valence-corrected chi connectivity index (χ3v) is 5.15. The summed E-state index contributed by atoms with van der Waals surface area (Å²) in [4.78, 5) is 37.8. The number of nitro groups is 1. The maximum Gasteiger partial charge on any atom is 0.340 e. The summed E-state index contributed by atoms with van der Waals surface area (Å²) in [6.45, 7) is 6.46. The molecule has 1 aliphatic rings. The van der Waals surface area contributed by atoms with Gasteiger partial charge in [-0.2, -0.15) is 0 Å². The van der Waals surface area contributed by atoms with E-state index in [9.17, 15) is 19.7 Å². The molecule has 34 heavy (non-hydrogen) atoms. The van der Waals surface area contributed by atoms with E-state index in [4.69, 9.17) is 14.2 Å². The van der Waals surface area contributed by atoms with E-state index >= 15 is 0 Å². The third kappa shape index (κ3) is 4.93. The van der Waals surface area contributed by atoms with E-state index in [0.717, 1.165) is 6.42 Å². The van der Waals surface area contributed by atoms with Crippen LogP contribution in [-0.2, 0) is 14.3 Å². The van der Waals surface area contributed by atoms with Crippen LogP contribution in [0.15, 0.2) is 59.3 Å². The summed E-state index contributed by atoms with van der Waals surface area (Å²) in [5, 5.41) is 11.0. The lowest BCUT2D eigenvalue weighted by Gasteiger charge is -2.17. The molecular weight excluding hydrogens is 440 g/mol. The fraction of sp³-hybridized carbons (Fsp3) is 0.280. The zero-order chi connectivity index (χ0) is 24.8. The van der Waals surface area contributed by atoms with E-state index in [2.05, 4.69) is 0 Å². The number of carbonyl (C=O) groups is 2. The van der Waals surface area contributed by atoms with Crippen molar-refractivity contribution >= 4 is 29.3 Å². The largest absolute Gasteiger partial charge is 0.490 e. The van der Waals surface area contributed by atoms with Gasteiger partial charge in [-0.25, -0.2) is 4.79 Å². The van der Waals surface area contributed by atoms with Gasteiger partial charge in [0.05, 0.1) is 36.4 Å². The normalized spacial score (nSPS) is 14.5. The van der Waals surface area contributed by atoms with E-state index < -0.39 is 16.8 Å². The summed E-state index contributed by atoms with van der Waals surface area (Å²) in [5.41, 5.74) is 1.56. The number of non-ortho nitro benzene ring substituents is 1. The Bertz CT molecular complexity index is 1170. The second kappa shape index (κ2) is 10.7. The van der Waals surface area contributed by atoms with E-state index in [1.807, 2.05) is 13.8 Å². The lowest BCUT2D eigenvalue weighted by Crippen LogP contribution is -2.24. The highest BCUT2D eigenvalue weighted by atomic mass is 16.6. The predicted octanol–water partition coefficient (Wildman–Crippen LogP) is 4.66. The molecule has 1 heterocycles. The van der Waals surface area contributed by atoms with Gasteiger partial charge >= 0.3 is 5.97 Å². The van der Waals surface area contributed by atoms with Crippen molar-refractivity contribution < 1.29 is 28.7 Å². The Hall–Kier alpha value is -4.14. The quantitative estimate of drug-likeness (QED) is 0.229. The molecule has 1 amide bonds. The minimum absolute atomic E-state index is 0.102. The number of carbonyl (C=O) groups excluding carboxylic acids is 2. The smallest absolute Gasteiger partial charge is 0.340 e. The molecular formula is C25H26N2O7. The molecule has 1 aliphatic heterocycles. The number of hydrogen-bond acceptors (Lipinski definition) is 7. The third-order valence-electron chi connectivity index (χ3n) is 5.15. The SMILES string of the molecule is CCCOc1ccc(/C=C2\C(=O)N(c3ccc([N+](=O)[O-])cc3)C(C)=C2C(=O)OC)cc1OCC. The van der Waals surface area contributed by atoms with Crippen LogP contribution in [-0.4, -0.2) is 37.1 Å². The van der Waals surface area contributed by atoms with Crippen molar-refractivity contribution in [3.8, 4) is 11.5 Å². The Labute approximate surface area is 197 Å². The Kier molecular flexibility index (Phi) is 7.68. The standard InChI is InChI=1S/C25H26N2O7/c1-5-13-34-21-12-7-17(15-22(21)33-6-2)14-20-23(25(29)32-4)16(3)26(24(20)28)18-8-10-19(11-9-18)27(30)31/h7-12,14-15H,5-6,13H2,1-4H3/b20-14-. The van der Waals surface area contributed by atoms with Gasteiger partial charge in [0.25, 0.3) is 11.6 Å². The molecule has 0 bridgehead atoms. The van der Waals surface area contributed by atoms with Gasteiger partial charge in [-0.1, -0.05) is 13.0 Å². The van der Waals surface area contributed by atoms with Crippen molar-refractivity contribution in [3.63, 3.8) is 0 Å². The molecule has 0 aromatic heterocycles. The first kappa shape index (κ1) is 24.5. The first-order chi connectivity index (χ1) is 16.3. The molecule has 9 nitrogen and oxygen atoms in total. The van der Waals surface area contributed by atoms with Gasteiger partial charge < -0.3 is 14.2 Å². The minimum Gasteiger partial charge on any atom is -0.490 e. The first-order valence-electron chi connectivity index (χ1n) is 10.8. The van der Waals surface area contributed by atoms with Crippen molar-refractivity contribution in [2.45, 2.75) is 27.2 Å². The molecule has 9 heteroatoms. The lowest BCUT2D eigenvalue weighted by atomic mass is 10.0. The predicted molar refractivity (Wildman–Crippen MR) is 127 cm³/mol. The molecule has 2 aromatic rings. The molecule has 0 atom stereocenters. The van der Waals surface area contributed by atoms with Gasteiger partial charge in [0.15, 0.2) is 11.5 Å². The highest BCUT2D eigenvalue weighted by Gasteiger charge is 2.38. The molecule has 2 aromatic carbocycles. The Morgan fingerprint density at radius 2 is 1.79 bits per heavy atom. The number of nitro benzene ring substituents is 1. The maximum atomic E-state index is 13.4. The molecule has 0 unspecified atom stereocenters. The van der Waals surface area contributed by atoms with Crippen LogP contribution in [0.3, 0.4) is 0 Å². The molecule has 0 radical (unpaired) electrons. The fourth-order valence-corrected chi connectivity index (χ4v) is 3.60. The molecule has 0 aliphatic carbocycles. The highest BCUT2D eigenvalue weighted by Crippen LogP contribution is 2.37. The zero-order valence-electron chi connectivity index (χ0n) is 19.5. The van der Waals surface area contributed by atoms with Gasteiger partial charge in [-0.05, 0) is 56.2 Å². The van der Waals surface area contributed by atoms with Gasteiger partial charge in [-0.3, -0.25) is 19.8 Å². The van der Waals surface area contributed by atoms with Crippen LogP contribution < -0.4 is 14.4 Å². The topological polar surface area (TPSA) is 108 Å². The number of nitrogens with zero attached hydrogens (tertiary/aromatic N) is 2. The average Bonchev–Trinajstić information content (AvgIpc) is 3.07. The number of hydrogen-bond donors (Lipinski definition) is 0. The number of methoxy groups -OCH3 is 1. The number of allylic oxidation sites excluding steroid dienone is 1. The summed E-state index contributed by atoms with van der Waals surface area (Å²) in [5.74, 6) is 0.0183. The molecule has 0 fully saturated rings. The van der Waals surface area contributed by atoms with Crippen LogP contribution in [0.5, 0.6) is 11.5 Å². The van der Waals surface area contributed by atoms with E-state index in [0.29, 0.717) is 41.7 Å². The summed E-state index contributed by atoms with van der Waals surface area (Å²) in [6, 6.07) is 10.8. The van der Waals surface area contributed by atoms with E-state index in [1.54, 1.807) is 31.2 Å². The number of esters is 1. The van der Waals surface area contributed by atoms with Crippen molar-refractivity contribution in [2.75, 3.05) is 25.2 Å². The van der Waals surface area contributed by atoms with Crippen molar-refractivity contribution in [3.05, 3.63) is 75.0 Å². The van der Waals surface area contributed by atoms with Gasteiger partial charge in [0, 0.05) is 23.5 Å². The molecule has 3 rings (SSSR count). The van der Waals surface area contributed by atoms with Gasteiger partial charge in [-0.15, -0.1) is 0 Å². The van der Waals surface area contributed by atoms with Crippen LogP contribution in [0.2, 0.25) is 0 Å².